The fraction of sp³-hybridized carbons (Fsp3) is 0.909. The highest BCUT2D eigenvalue weighted by molar-refractivity contribution is 5.40. The van der Waals surface area contributed by atoms with Crippen LogP contribution in [0.1, 0.15) is 58.3 Å². The fourth-order valence-corrected chi connectivity index (χ4v) is 7.58. The Kier molecular flexibility index (Phi) is 5.00. The van der Waals surface area contributed by atoms with Crippen LogP contribution < -0.4 is 0 Å². The predicted octanol–water partition coefficient (Wildman–Crippen LogP) is 2.58. The minimum absolute atomic E-state index is 0.00722. The zero-order chi connectivity index (χ0) is 18.5. The number of piperidine rings is 1. The van der Waals surface area contributed by atoms with E-state index in [0.717, 1.165) is 38.8 Å². The highest BCUT2D eigenvalue weighted by Gasteiger charge is 2.66. The SMILES string of the molecule is CCC(O)CCC1(CO)C2CCC3=C4C(CC3)C(CO)CC41CN(C)C2. The summed E-state index contributed by atoms with van der Waals surface area (Å²) in [4.78, 5) is 2.49. The molecule has 0 aromatic rings. The van der Waals surface area contributed by atoms with Gasteiger partial charge in [-0.15, -0.1) is 0 Å². The molecule has 0 aromatic carbocycles. The molecule has 0 radical (unpaired) electrons. The van der Waals surface area contributed by atoms with Gasteiger partial charge in [-0.05, 0) is 76.2 Å². The zero-order valence-corrected chi connectivity index (χ0v) is 16.6. The number of allylic oxidation sites excluding steroid dienone is 1. The van der Waals surface area contributed by atoms with Crippen LogP contribution in [0.25, 0.3) is 0 Å². The average Bonchev–Trinajstić information content (AvgIpc) is 3.17. The van der Waals surface area contributed by atoms with Crippen molar-refractivity contribution in [2.75, 3.05) is 33.4 Å². The molecule has 26 heavy (non-hydrogen) atoms. The van der Waals surface area contributed by atoms with Crippen molar-refractivity contribution in [3.8, 4) is 0 Å². The van der Waals surface area contributed by atoms with Crippen molar-refractivity contribution >= 4 is 0 Å². The summed E-state index contributed by atoms with van der Waals surface area (Å²) in [6, 6.07) is 0. The number of aliphatic hydroxyl groups excluding tert-OH is 3. The predicted molar refractivity (Wildman–Crippen MR) is 103 cm³/mol. The van der Waals surface area contributed by atoms with Gasteiger partial charge in [-0.25, -0.2) is 0 Å². The fourth-order valence-electron chi connectivity index (χ4n) is 7.58. The van der Waals surface area contributed by atoms with Gasteiger partial charge in [0.15, 0.2) is 0 Å². The maximum Gasteiger partial charge on any atom is 0.0537 e. The maximum absolute atomic E-state index is 10.9. The van der Waals surface area contributed by atoms with E-state index in [2.05, 4.69) is 11.9 Å². The molecular formula is C22H37NO3. The minimum atomic E-state index is -0.264. The molecule has 3 N–H and O–H groups in total. The summed E-state index contributed by atoms with van der Waals surface area (Å²) in [7, 11) is 2.23. The molecule has 1 saturated carbocycles. The summed E-state index contributed by atoms with van der Waals surface area (Å²) in [5.41, 5.74) is 3.19. The Hall–Kier alpha value is -0.420. The van der Waals surface area contributed by atoms with Crippen molar-refractivity contribution in [1.82, 2.24) is 4.90 Å². The molecule has 4 nitrogen and oxygen atoms in total. The van der Waals surface area contributed by atoms with Gasteiger partial charge in [-0.2, -0.15) is 0 Å². The first-order chi connectivity index (χ1) is 12.5. The minimum Gasteiger partial charge on any atom is -0.396 e. The van der Waals surface area contributed by atoms with Gasteiger partial charge in [0.1, 0.15) is 0 Å². The Morgan fingerprint density at radius 3 is 2.69 bits per heavy atom. The summed E-state index contributed by atoms with van der Waals surface area (Å²) in [5, 5.41) is 31.3. The molecule has 4 rings (SSSR count). The van der Waals surface area contributed by atoms with Crippen LogP contribution in [0.5, 0.6) is 0 Å². The lowest BCUT2D eigenvalue weighted by Gasteiger charge is -2.59. The second-order valence-corrected chi connectivity index (χ2v) is 9.74. The number of nitrogens with zero attached hydrogens (tertiary/aromatic N) is 1. The van der Waals surface area contributed by atoms with Crippen LogP contribution in [-0.4, -0.2) is 59.7 Å². The van der Waals surface area contributed by atoms with Crippen LogP contribution in [0.4, 0.5) is 0 Å². The Morgan fingerprint density at radius 2 is 2.00 bits per heavy atom. The number of aliphatic hydroxyl groups is 3. The molecule has 2 fully saturated rings. The maximum atomic E-state index is 10.9. The van der Waals surface area contributed by atoms with Crippen molar-refractivity contribution in [2.45, 2.75) is 64.4 Å². The summed E-state index contributed by atoms with van der Waals surface area (Å²) < 4.78 is 0. The van der Waals surface area contributed by atoms with Gasteiger partial charge < -0.3 is 20.2 Å². The Labute approximate surface area is 158 Å². The summed E-state index contributed by atoms with van der Waals surface area (Å²) in [6.45, 7) is 4.61. The number of fused-ring (bicyclic) bond motifs is 1. The van der Waals surface area contributed by atoms with Crippen LogP contribution in [-0.2, 0) is 0 Å². The van der Waals surface area contributed by atoms with E-state index in [9.17, 15) is 15.3 Å². The molecule has 0 amide bonds. The Balaban J connectivity index is 1.82. The van der Waals surface area contributed by atoms with E-state index in [4.69, 9.17) is 0 Å². The summed E-state index contributed by atoms with van der Waals surface area (Å²) in [5.74, 6) is 1.37. The van der Waals surface area contributed by atoms with Gasteiger partial charge in [-0.1, -0.05) is 18.1 Å². The highest BCUT2D eigenvalue weighted by Crippen LogP contribution is 2.70. The lowest BCUT2D eigenvalue weighted by Crippen LogP contribution is -2.61. The van der Waals surface area contributed by atoms with Crippen molar-refractivity contribution < 1.29 is 15.3 Å². The lowest BCUT2D eigenvalue weighted by atomic mass is 9.51. The first kappa shape index (κ1) is 18.9. The second-order valence-electron chi connectivity index (χ2n) is 9.74. The molecule has 4 heteroatoms. The molecule has 3 aliphatic carbocycles. The lowest BCUT2D eigenvalue weighted by molar-refractivity contribution is -0.114. The van der Waals surface area contributed by atoms with Crippen LogP contribution in [0.15, 0.2) is 11.1 Å². The van der Waals surface area contributed by atoms with E-state index in [0.29, 0.717) is 17.8 Å². The van der Waals surface area contributed by atoms with Crippen LogP contribution in [0, 0.1) is 28.6 Å². The number of hydrogen-bond donors (Lipinski definition) is 3. The highest BCUT2D eigenvalue weighted by atomic mass is 16.3. The molecule has 148 valence electrons. The first-order valence-electron chi connectivity index (χ1n) is 10.8. The van der Waals surface area contributed by atoms with Gasteiger partial charge in [0.25, 0.3) is 0 Å². The van der Waals surface area contributed by atoms with Gasteiger partial charge in [0.05, 0.1) is 6.10 Å². The van der Waals surface area contributed by atoms with Crippen molar-refractivity contribution in [2.24, 2.45) is 28.6 Å². The molecule has 1 saturated heterocycles. The molecule has 2 bridgehead atoms. The standard InChI is InChI=1S/C22H37NO3/c1-3-18(26)8-9-21(14-25)17-6-4-15-5-7-19-16(12-24)10-22(21,20(15)19)13-23(2)11-17/h16-19,24-26H,3-14H2,1-2H3. The van der Waals surface area contributed by atoms with Gasteiger partial charge in [-0.3, -0.25) is 0 Å². The van der Waals surface area contributed by atoms with Crippen molar-refractivity contribution in [3.05, 3.63) is 11.1 Å². The van der Waals surface area contributed by atoms with Gasteiger partial charge in [0, 0.05) is 37.1 Å². The molecule has 0 aromatic heterocycles. The second kappa shape index (κ2) is 6.88. The Morgan fingerprint density at radius 1 is 1.23 bits per heavy atom. The molecule has 1 heterocycles. The normalized spacial score (nSPS) is 43.5. The number of rotatable bonds is 6. The van der Waals surface area contributed by atoms with Crippen LogP contribution in [0.2, 0.25) is 0 Å². The zero-order valence-electron chi connectivity index (χ0n) is 16.6. The smallest absolute Gasteiger partial charge is 0.0537 e. The average molecular weight is 364 g/mol. The van der Waals surface area contributed by atoms with Gasteiger partial charge >= 0.3 is 0 Å². The third-order valence-corrected chi connectivity index (χ3v) is 8.72. The van der Waals surface area contributed by atoms with E-state index in [1.165, 1.54) is 25.7 Å². The van der Waals surface area contributed by atoms with E-state index in [1.54, 1.807) is 11.1 Å². The van der Waals surface area contributed by atoms with E-state index < -0.39 is 0 Å². The van der Waals surface area contributed by atoms with E-state index in [1.807, 2.05) is 6.92 Å². The quantitative estimate of drug-likeness (QED) is 0.635. The number of likely N-dealkylation sites (tertiary alicyclic amines) is 1. The molecule has 1 spiro atoms. The largest absolute Gasteiger partial charge is 0.396 e. The first-order valence-corrected chi connectivity index (χ1v) is 10.8. The molecule has 1 aliphatic heterocycles. The van der Waals surface area contributed by atoms with Gasteiger partial charge in [0.2, 0.25) is 0 Å². The van der Waals surface area contributed by atoms with E-state index >= 15 is 0 Å². The number of hydrogen-bond acceptors (Lipinski definition) is 4. The molecule has 6 unspecified atom stereocenters. The van der Waals surface area contributed by atoms with E-state index in [-0.39, 0.29) is 30.1 Å². The topological polar surface area (TPSA) is 63.9 Å². The van der Waals surface area contributed by atoms with Crippen molar-refractivity contribution in [1.29, 1.82) is 0 Å². The summed E-state index contributed by atoms with van der Waals surface area (Å²) in [6.07, 6.45) is 8.01. The molecule has 4 aliphatic rings. The van der Waals surface area contributed by atoms with Crippen molar-refractivity contribution in [3.63, 3.8) is 0 Å². The Bertz CT molecular complexity index is 576. The van der Waals surface area contributed by atoms with Crippen LogP contribution in [0.3, 0.4) is 0 Å². The van der Waals surface area contributed by atoms with Crippen LogP contribution >= 0.6 is 0 Å². The summed E-state index contributed by atoms with van der Waals surface area (Å²) >= 11 is 0. The monoisotopic (exact) mass is 363 g/mol. The molecule has 6 atom stereocenters. The third-order valence-electron chi connectivity index (χ3n) is 8.72. The molecular weight excluding hydrogens is 326 g/mol. The third kappa shape index (κ3) is 2.48.